The van der Waals surface area contributed by atoms with Gasteiger partial charge in [-0.05, 0) is 12.1 Å². The van der Waals surface area contributed by atoms with Crippen LogP contribution in [0.4, 0.5) is 0 Å². The van der Waals surface area contributed by atoms with Gasteiger partial charge >= 0.3 is 29.8 Å². The second-order valence-electron chi connectivity index (χ2n) is 3.94. The third kappa shape index (κ3) is 5.60. The zero-order chi connectivity index (χ0) is 19.0. The van der Waals surface area contributed by atoms with E-state index in [0.29, 0.717) is 12.1 Å². The van der Waals surface area contributed by atoms with Crippen LogP contribution in [0.1, 0.15) is 48.4 Å². The van der Waals surface area contributed by atoms with Gasteiger partial charge in [0.15, 0.2) is 0 Å². The van der Waals surface area contributed by atoms with E-state index in [4.69, 9.17) is 20.4 Å². The van der Waals surface area contributed by atoms with Gasteiger partial charge in [0.25, 0.3) is 0 Å². The Labute approximate surface area is 134 Å². The first-order chi connectivity index (χ1) is 11.0. The van der Waals surface area contributed by atoms with E-state index in [-0.39, 0.29) is 5.97 Å². The average Bonchev–Trinajstić information content (AvgIpc) is 2.45. The topological polar surface area (TPSA) is 176 Å². The van der Waals surface area contributed by atoms with Crippen molar-refractivity contribution in [2.75, 3.05) is 0 Å². The molecular weight excluding hydrogens is 328 g/mol. The fourth-order valence-corrected chi connectivity index (χ4v) is 1.42. The number of ether oxygens (including phenoxy) is 1. The van der Waals surface area contributed by atoms with Gasteiger partial charge in [0.1, 0.15) is 0 Å². The first-order valence-electron chi connectivity index (χ1n) is 5.92. The number of carboxylic acids is 4. The molecule has 1 aromatic carbocycles. The number of rotatable bonds is 5. The minimum absolute atomic E-state index is 0.329. The van der Waals surface area contributed by atoms with E-state index >= 15 is 0 Å². The van der Waals surface area contributed by atoms with Gasteiger partial charge in [-0.15, -0.1) is 0 Å². The summed E-state index contributed by atoms with van der Waals surface area (Å²) in [5.74, 6) is -6.97. The molecule has 1 aromatic rings. The monoisotopic (exact) mass is 340 g/mol. The Kier molecular flexibility index (Phi) is 7.35. The van der Waals surface area contributed by atoms with Crippen molar-refractivity contribution >= 4 is 29.8 Å². The number of carbonyl (C=O) groups is 5. The highest BCUT2D eigenvalue weighted by Crippen LogP contribution is 2.18. The van der Waals surface area contributed by atoms with E-state index in [0.717, 1.165) is 6.26 Å². The molecule has 0 fully saturated rings. The minimum atomic E-state index is -1.66. The summed E-state index contributed by atoms with van der Waals surface area (Å²) in [6.45, 7) is 4.48. The van der Waals surface area contributed by atoms with Crippen molar-refractivity contribution in [1.29, 1.82) is 0 Å². The number of hydrogen-bond acceptors (Lipinski definition) is 6. The van der Waals surface area contributed by atoms with Gasteiger partial charge in [0.05, 0.1) is 28.5 Å². The molecule has 0 heterocycles. The van der Waals surface area contributed by atoms with Gasteiger partial charge in [-0.1, -0.05) is 6.58 Å². The van der Waals surface area contributed by atoms with E-state index in [2.05, 4.69) is 11.3 Å². The lowest BCUT2D eigenvalue weighted by molar-refractivity contribution is -0.135. The molecule has 10 heteroatoms. The standard InChI is InChI=1S/C10H6O8.C4H6O2/c11-7(12)3-1-4(8(13)14)6(10(17)18)2-5(3)9(15)16;1-3-6-4(2)5/h1-2H,(H,11,12)(H,13,14)(H,15,16)(H,17,18);3H,1H2,2H3. The van der Waals surface area contributed by atoms with Crippen molar-refractivity contribution in [2.24, 2.45) is 0 Å². The molecule has 0 radical (unpaired) electrons. The van der Waals surface area contributed by atoms with Crippen molar-refractivity contribution in [3.8, 4) is 0 Å². The lowest BCUT2D eigenvalue weighted by atomic mass is 9.98. The Balaban J connectivity index is 0.000000754. The third-order valence-electron chi connectivity index (χ3n) is 2.33. The van der Waals surface area contributed by atoms with E-state index in [9.17, 15) is 24.0 Å². The smallest absolute Gasteiger partial charge is 0.336 e. The van der Waals surface area contributed by atoms with Crippen LogP contribution in [-0.2, 0) is 9.53 Å². The SMILES string of the molecule is C=COC(C)=O.O=C(O)c1cc(C(=O)O)c(C(=O)O)cc1C(=O)O. The van der Waals surface area contributed by atoms with Crippen molar-refractivity contribution in [3.63, 3.8) is 0 Å². The largest absolute Gasteiger partial charge is 0.478 e. The number of benzene rings is 1. The minimum Gasteiger partial charge on any atom is -0.478 e. The van der Waals surface area contributed by atoms with E-state index < -0.39 is 46.1 Å². The molecule has 0 atom stereocenters. The zero-order valence-corrected chi connectivity index (χ0v) is 12.2. The van der Waals surface area contributed by atoms with Gasteiger partial charge < -0.3 is 25.2 Å². The molecule has 4 N–H and O–H groups in total. The number of carbonyl (C=O) groups excluding carboxylic acids is 1. The highest BCUT2D eigenvalue weighted by Gasteiger charge is 2.24. The van der Waals surface area contributed by atoms with Gasteiger partial charge in [-0.25, -0.2) is 19.2 Å². The van der Waals surface area contributed by atoms with Crippen LogP contribution in [0.5, 0.6) is 0 Å². The summed E-state index contributed by atoms with van der Waals surface area (Å²) in [7, 11) is 0. The van der Waals surface area contributed by atoms with E-state index in [1.54, 1.807) is 0 Å². The number of carboxylic acid groups (broad SMARTS) is 4. The molecule has 0 saturated heterocycles. The zero-order valence-electron chi connectivity index (χ0n) is 12.2. The molecule has 1 rings (SSSR count). The van der Waals surface area contributed by atoms with Crippen molar-refractivity contribution < 1.29 is 49.1 Å². The van der Waals surface area contributed by atoms with Crippen LogP contribution in [-0.4, -0.2) is 50.3 Å². The van der Waals surface area contributed by atoms with E-state index in [1.807, 2.05) is 0 Å². The Morgan fingerprint density at radius 1 is 0.792 bits per heavy atom. The van der Waals surface area contributed by atoms with Crippen molar-refractivity contribution in [2.45, 2.75) is 6.92 Å². The maximum absolute atomic E-state index is 10.8. The van der Waals surface area contributed by atoms with Crippen molar-refractivity contribution in [3.05, 3.63) is 47.2 Å². The van der Waals surface area contributed by atoms with Crippen LogP contribution >= 0.6 is 0 Å². The number of esters is 1. The molecule has 0 saturated carbocycles. The van der Waals surface area contributed by atoms with Crippen LogP contribution < -0.4 is 0 Å². The summed E-state index contributed by atoms with van der Waals surface area (Å²) in [6, 6.07) is 1.02. The summed E-state index contributed by atoms with van der Waals surface area (Å²) in [6.07, 6.45) is 1.10. The average molecular weight is 340 g/mol. The molecule has 128 valence electrons. The van der Waals surface area contributed by atoms with Crippen LogP contribution in [0.2, 0.25) is 0 Å². The Bertz CT molecular complexity index is 618. The fourth-order valence-electron chi connectivity index (χ4n) is 1.42. The molecule has 0 spiro atoms. The lowest BCUT2D eigenvalue weighted by Crippen LogP contribution is -2.15. The summed E-state index contributed by atoms with van der Waals surface area (Å²) < 4.78 is 4.17. The van der Waals surface area contributed by atoms with E-state index in [1.165, 1.54) is 6.92 Å². The number of hydrogen-bond donors (Lipinski definition) is 4. The normalized spacial score (nSPS) is 9.04. The highest BCUT2D eigenvalue weighted by molar-refractivity contribution is 6.09. The predicted molar refractivity (Wildman–Crippen MR) is 76.2 cm³/mol. The van der Waals surface area contributed by atoms with Crippen molar-refractivity contribution in [1.82, 2.24) is 0 Å². The Morgan fingerprint density at radius 2 is 1.04 bits per heavy atom. The molecule has 10 nitrogen and oxygen atoms in total. The van der Waals surface area contributed by atoms with Gasteiger partial charge in [0.2, 0.25) is 0 Å². The first-order valence-corrected chi connectivity index (χ1v) is 5.92. The first kappa shape index (κ1) is 20.3. The lowest BCUT2D eigenvalue weighted by Gasteiger charge is -2.06. The maximum Gasteiger partial charge on any atom is 0.336 e. The summed E-state index contributed by atoms with van der Waals surface area (Å²) >= 11 is 0. The fraction of sp³-hybridized carbons (Fsp3) is 0.0714. The van der Waals surface area contributed by atoms with Crippen LogP contribution in [0.3, 0.4) is 0 Å². The second-order valence-corrected chi connectivity index (χ2v) is 3.94. The molecular formula is C14H12O10. The van der Waals surface area contributed by atoms with Crippen LogP contribution in [0, 0.1) is 0 Å². The Morgan fingerprint density at radius 3 is 1.12 bits per heavy atom. The van der Waals surface area contributed by atoms with Crippen LogP contribution in [0.15, 0.2) is 25.0 Å². The molecule has 0 aromatic heterocycles. The molecule has 0 amide bonds. The maximum atomic E-state index is 10.8. The van der Waals surface area contributed by atoms with Gasteiger partial charge in [0, 0.05) is 6.92 Å². The molecule has 0 bridgehead atoms. The Hall–Kier alpha value is -3.69. The van der Waals surface area contributed by atoms with Gasteiger partial charge in [-0.3, -0.25) is 4.79 Å². The molecule has 0 aliphatic rings. The third-order valence-corrected chi connectivity index (χ3v) is 2.33. The molecule has 24 heavy (non-hydrogen) atoms. The molecule has 0 aliphatic carbocycles. The quantitative estimate of drug-likeness (QED) is 0.449. The second kappa shape index (κ2) is 8.68. The highest BCUT2D eigenvalue weighted by atomic mass is 16.5. The molecule has 0 aliphatic heterocycles. The summed E-state index contributed by atoms with van der Waals surface area (Å²) in [5, 5.41) is 35.0. The van der Waals surface area contributed by atoms with Gasteiger partial charge in [-0.2, -0.15) is 0 Å². The molecule has 0 unspecified atom stereocenters. The van der Waals surface area contributed by atoms with Crippen LogP contribution in [0.25, 0.3) is 0 Å². The summed E-state index contributed by atoms with van der Waals surface area (Å²) in [5.41, 5.74) is -3.15. The summed E-state index contributed by atoms with van der Waals surface area (Å²) in [4.78, 5) is 52.9. The number of aromatic carboxylic acids is 4. The predicted octanol–water partition coefficient (Wildman–Crippen LogP) is 1.17.